The molecule has 1 aromatic rings. The fourth-order valence-corrected chi connectivity index (χ4v) is 3.05. The first-order valence-corrected chi connectivity index (χ1v) is 8.08. The van der Waals surface area contributed by atoms with E-state index in [1.54, 1.807) is 0 Å². The Kier molecular flexibility index (Phi) is 5.89. The average molecular weight is 334 g/mol. The number of ether oxygens (including phenoxy) is 1. The highest BCUT2D eigenvalue weighted by Crippen LogP contribution is 2.30. The topological polar surface area (TPSA) is 98.5 Å². The number of hydrogen-bond donors (Lipinski definition) is 1. The first-order valence-electron chi connectivity index (χ1n) is 8.08. The molecule has 7 heteroatoms. The molecular formula is C17H22N2O5. The van der Waals surface area contributed by atoms with Crippen LogP contribution in [0.2, 0.25) is 0 Å². The van der Waals surface area contributed by atoms with E-state index in [2.05, 4.69) is 19.2 Å². The molecule has 24 heavy (non-hydrogen) atoms. The van der Waals surface area contributed by atoms with Crippen LogP contribution in [-0.4, -0.2) is 29.8 Å². The van der Waals surface area contributed by atoms with Gasteiger partial charge >= 0.3 is 5.69 Å². The lowest BCUT2D eigenvalue weighted by Gasteiger charge is -2.34. The molecule has 3 atom stereocenters. The minimum atomic E-state index is -0.634. The second-order valence-electron chi connectivity index (χ2n) is 6.33. The Morgan fingerprint density at radius 2 is 2.17 bits per heavy atom. The molecule has 1 aromatic carbocycles. The summed E-state index contributed by atoms with van der Waals surface area (Å²) in [5.41, 5.74) is -0.143. The molecule has 0 saturated heterocycles. The second kappa shape index (κ2) is 7.90. The van der Waals surface area contributed by atoms with Crippen LogP contribution in [-0.2, 0) is 4.79 Å². The minimum absolute atomic E-state index is 0.0224. The Morgan fingerprint density at radius 3 is 2.83 bits per heavy atom. The van der Waals surface area contributed by atoms with Crippen molar-refractivity contribution in [2.24, 2.45) is 11.8 Å². The van der Waals surface area contributed by atoms with Gasteiger partial charge in [-0.2, -0.15) is 0 Å². The van der Waals surface area contributed by atoms with Gasteiger partial charge in [-0.3, -0.25) is 19.7 Å². The molecule has 1 saturated carbocycles. The van der Waals surface area contributed by atoms with Crippen LogP contribution in [0, 0.1) is 22.0 Å². The SMILES string of the molecule is C[C@H]1[C@@H](NC(=O)COc2ccc(C=O)cc2[N+](=O)[O-])CCC[C@@H]1C. The number of aldehydes is 1. The molecule has 0 aliphatic heterocycles. The standard InChI is InChI=1S/C17H22N2O5/c1-11-4-3-5-14(12(11)2)18-17(21)10-24-16-7-6-13(9-20)8-15(16)19(22)23/h6-9,11-12,14H,3-5,10H2,1-2H3,(H,18,21)/t11-,12+,14-/m0/s1. The van der Waals surface area contributed by atoms with E-state index in [-0.39, 0.29) is 35.6 Å². The van der Waals surface area contributed by atoms with Gasteiger partial charge in [0.05, 0.1) is 4.92 Å². The fourth-order valence-electron chi connectivity index (χ4n) is 3.05. The van der Waals surface area contributed by atoms with Crippen LogP contribution < -0.4 is 10.1 Å². The summed E-state index contributed by atoms with van der Waals surface area (Å²) in [5.74, 6) is 0.631. The van der Waals surface area contributed by atoms with Crippen molar-refractivity contribution in [3.63, 3.8) is 0 Å². The summed E-state index contributed by atoms with van der Waals surface area (Å²) in [7, 11) is 0. The van der Waals surface area contributed by atoms with Crippen LogP contribution in [0.4, 0.5) is 5.69 Å². The van der Waals surface area contributed by atoms with Gasteiger partial charge in [0.1, 0.15) is 6.29 Å². The van der Waals surface area contributed by atoms with E-state index in [0.29, 0.717) is 18.1 Å². The van der Waals surface area contributed by atoms with Crippen molar-refractivity contribution in [1.29, 1.82) is 0 Å². The number of nitro groups is 1. The highest BCUT2D eigenvalue weighted by molar-refractivity contribution is 5.79. The number of nitrogens with zero attached hydrogens (tertiary/aromatic N) is 1. The number of nitrogens with one attached hydrogen (secondary N) is 1. The number of carbonyl (C=O) groups is 2. The Hall–Kier alpha value is -2.44. The van der Waals surface area contributed by atoms with E-state index in [1.165, 1.54) is 18.6 Å². The molecular weight excluding hydrogens is 312 g/mol. The van der Waals surface area contributed by atoms with Gasteiger partial charge in [-0.15, -0.1) is 0 Å². The number of amides is 1. The number of hydrogen-bond acceptors (Lipinski definition) is 5. The molecule has 0 heterocycles. The normalized spacial score (nSPS) is 23.3. The Bertz CT molecular complexity index is 631. The molecule has 130 valence electrons. The summed E-state index contributed by atoms with van der Waals surface area (Å²) in [6.45, 7) is 4.01. The Labute approximate surface area is 140 Å². The minimum Gasteiger partial charge on any atom is -0.477 e. The van der Waals surface area contributed by atoms with Gasteiger partial charge in [0.15, 0.2) is 12.4 Å². The number of carbonyl (C=O) groups excluding carboxylic acids is 2. The fraction of sp³-hybridized carbons (Fsp3) is 0.529. The molecule has 2 rings (SSSR count). The molecule has 1 N–H and O–H groups in total. The lowest BCUT2D eigenvalue weighted by Crippen LogP contribution is -2.45. The summed E-state index contributed by atoms with van der Waals surface area (Å²) in [6, 6.07) is 3.99. The largest absolute Gasteiger partial charge is 0.477 e. The van der Waals surface area contributed by atoms with Crippen LogP contribution in [0.25, 0.3) is 0 Å². The average Bonchev–Trinajstić information content (AvgIpc) is 2.57. The van der Waals surface area contributed by atoms with Crippen molar-refractivity contribution in [2.45, 2.75) is 39.2 Å². The summed E-state index contributed by atoms with van der Waals surface area (Å²) >= 11 is 0. The van der Waals surface area contributed by atoms with Crippen molar-refractivity contribution in [1.82, 2.24) is 5.32 Å². The van der Waals surface area contributed by atoms with Crippen molar-refractivity contribution in [3.8, 4) is 5.75 Å². The highest BCUT2D eigenvalue weighted by Gasteiger charge is 2.28. The molecule has 7 nitrogen and oxygen atoms in total. The Balaban J connectivity index is 1.96. The summed E-state index contributed by atoms with van der Waals surface area (Å²) in [4.78, 5) is 33.2. The van der Waals surface area contributed by atoms with E-state index < -0.39 is 4.92 Å². The van der Waals surface area contributed by atoms with Gasteiger partial charge in [0.2, 0.25) is 0 Å². The Morgan fingerprint density at radius 1 is 1.42 bits per heavy atom. The zero-order valence-electron chi connectivity index (χ0n) is 13.9. The third-order valence-corrected chi connectivity index (χ3v) is 4.73. The first-order chi connectivity index (χ1) is 11.4. The molecule has 1 aliphatic carbocycles. The molecule has 0 bridgehead atoms. The lowest BCUT2D eigenvalue weighted by atomic mass is 9.78. The van der Waals surface area contributed by atoms with Crippen molar-refractivity contribution in [2.75, 3.05) is 6.61 Å². The molecule has 1 amide bonds. The van der Waals surface area contributed by atoms with Gasteiger partial charge < -0.3 is 10.1 Å². The molecule has 0 radical (unpaired) electrons. The highest BCUT2D eigenvalue weighted by atomic mass is 16.6. The van der Waals surface area contributed by atoms with Crippen LogP contribution in [0.15, 0.2) is 18.2 Å². The lowest BCUT2D eigenvalue weighted by molar-refractivity contribution is -0.385. The van der Waals surface area contributed by atoms with E-state index in [0.717, 1.165) is 18.9 Å². The number of benzene rings is 1. The van der Waals surface area contributed by atoms with Gasteiger partial charge in [0.25, 0.3) is 5.91 Å². The molecule has 1 aliphatic rings. The summed E-state index contributed by atoms with van der Waals surface area (Å²) in [5, 5.41) is 14.0. The third-order valence-electron chi connectivity index (χ3n) is 4.73. The van der Waals surface area contributed by atoms with Crippen molar-refractivity contribution < 1.29 is 19.2 Å². The smallest absolute Gasteiger partial charge is 0.311 e. The zero-order valence-corrected chi connectivity index (χ0v) is 13.9. The number of rotatable bonds is 6. The second-order valence-corrected chi connectivity index (χ2v) is 6.33. The maximum atomic E-state index is 12.1. The third kappa shape index (κ3) is 4.31. The molecule has 0 aromatic heterocycles. The molecule has 0 spiro atoms. The first kappa shape index (κ1) is 17.9. The van der Waals surface area contributed by atoms with Crippen LogP contribution in [0.3, 0.4) is 0 Å². The molecule has 1 fully saturated rings. The van der Waals surface area contributed by atoms with Gasteiger partial charge in [-0.1, -0.05) is 26.7 Å². The molecule has 0 unspecified atom stereocenters. The maximum Gasteiger partial charge on any atom is 0.311 e. The monoisotopic (exact) mass is 334 g/mol. The van der Waals surface area contributed by atoms with Gasteiger partial charge in [0, 0.05) is 17.7 Å². The van der Waals surface area contributed by atoms with Crippen LogP contribution in [0.1, 0.15) is 43.5 Å². The van der Waals surface area contributed by atoms with Crippen LogP contribution in [0.5, 0.6) is 5.75 Å². The van der Waals surface area contributed by atoms with Crippen molar-refractivity contribution >= 4 is 17.9 Å². The predicted octanol–water partition coefficient (Wildman–Crippen LogP) is 2.73. The predicted molar refractivity (Wildman–Crippen MR) is 88.1 cm³/mol. The van der Waals surface area contributed by atoms with E-state index in [1.807, 2.05) is 0 Å². The van der Waals surface area contributed by atoms with E-state index >= 15 is 0 Å². The van der Waals surface area contributed by atoms with Gasteiger partial charge in [-0.05, 0) is 30.4 Å². The summed E-state index contributed by atoms with van der Waals surface area (Å²) < 4.78 is 5.29. The van der Waals surface area contributed by atoms with Crippen molar-refractivity contribution in [3.05, 3.63) is 33.9 Å². The quantitative estimate of drug-likeness (QED) is 0.490. The zero-order chi connectivity index (χ0) is 17.7. The van der Waals surface area contributed by atoms with E-state index in [4.69, 9.17) is 4.74 Å². The van der Waals surface area contributed by atoms with Gasteiger partial charge in [-0.25, -0.2) is 0 Å². The van der Waals surface area contributed by atoms with Crippen LogP contribution >= 0.6 is 0 Å². The maximum absolute atomic E-state index is 12.1. The summed E-state index contributed by atoms with van der Waals surface area (Å²) in [6.07, 6.45) is 3.70. The van der Waals surface area contributed by atoms with E-state index in [9.17, 15) is 19.7 Å². The number of nitro benzene ring substituents is 1.